The van der Waals surface area contributed by atoms with Crippen LogP contribution >= 0.6 is 11.3 Å². The molecule has 0 N–H and O–H groups in total. The van der Waals surface area contributed by atoms with Crippen LogP contribution in [0.3, 0.4) is 0 Å². The summed E-state index contributed by atoms with van der Waals surface area (Å²) in [6.07, 6.45) is -2.78. The molecule has 2 aromatic heterocycles. The Kier molecular flexibility index (Phi) is 5.65. The van der Waals surface area contributed by atoms with Crippen LogP contribution in [0.25, 0.3) is 0 Å². The number of fused-ring (bicyclic) bond motifs is 1. The van der Waals surface area contributed by atoms with E-state index in [1.165, 1.54) is 17.5 Å². The Morgan fingerprint density at radius 1 is 1.23 bits per heavy atom. The maximum absolute atomic E-state index is 13.2. The van der Waals surface area contributed by atoms with Crippen LogP contribution < -0.4 is 9.47 Å². The third-order valence-corrected chi connectivity index (χ3v) is 6.16. The molecule has 164 valence electrons. The highest BCUT2D eigenvalue weighted by Crippen LogP contribution is 2.42. The van der Waals surface area contributed by atoms with Gasteiger partial charge in [0.25, 0.3) is 0 Å². The van der Waals surface area contributed by atoms with E-state index in [0.29, 0.717) is 24.5 Å². The predicted octanol–water partition coefficient (Wildman–Crippen LogP) is 4.15. The Morgan fingerprint density at radius 2 is 1.97 bits per heavy atom. The number of methoxy groups -OCH3 is 2. The van der Waals surface area contributed by atoms with Crippen molar-refractivity contribution < 1.29 is 27.4 Å². The maximum atomic E-state index is 13.2. The number of rotatable bonds is 5. The number of aromatic nitrogens is 2. The summed E-state index contributed by atoms with van der Waals surface area (Å²) < 4.78 is 50.4. The van der Waals surface area contributed by atoms with Crippen LogP contribution in [0.15, 0.2) is 41.9 Å². The van der Waals surface area contributed by atoms with Crippen LogP contribution in [0, 0.1) is 0 Å². The third kappa shape index (κ3) is 4.12. The number of hydrogen-bond acceptors (Lipinski definition) is 5. The van der Waals surface area contributed by atoms with Crippen molar-refractivity contribution in [3.8, 4) is 11.5 Å². The molecular weight excluding hydrogens is 431 g/mol. The number of hydrogen-bond donors (Lipinski definition) is 0. The Balaban J connectivity index is 1.68. The molecule has 1 aromatic carbocycles. The molecular formula is C21H20F3N3O3S. The molecule has 0 saturated heterocycles. The number of benzene rings is 1. The van der Waals surface area contributed by atoms with Gasteiger partial charge in [-0.15, -0.1) is 11.3 Å². The molecule has 0 saturated carbocycles. The lowest BCUT2D eigenvalue weighted by Gasteiger charge is -2.37. The number of amides is 1. The maximum Gasteiger partial charge on any atom is 0.435 e. The Morgan fingerprint density at radius 3 is 2.58 bits per heavy atom. The quantitative estimate of drug-likeness (QED) is 0.585. The van der Waals surface area contributed by atoms with Crippen molar-refractivity contribution >= 4 is 17.2 Å². The molecule has 1 atom stereocenters. The number of nitrogens with zero attached hydrogens (tertiary/aromatic N) is 3. The fourth-order valence-corrected chi connectivity index (χ4v) is 4.65. The van der Waals surface area contributed by atoms with E-state index in [1.54, 1.807) is 19.1 Å². The van der Waals surface area contributed by atoms with Gasteiger partial charge < -0.3 is 14.4 Å². The SMILES string of the molecule is COc1cc2c(cc1OC)[C@@H](c1cccs1)N(C(=O)Cn1ccc(C(F)(F)F)n1)CC2. The van der Waals surface area contributed by atoms with Gasteiger partial charge in [0.05, 0.1) is 20.3 Å². The molecule has 6 nitrogen and oxygen atoms in total. The summed E-state index contributed by atoms with van der Waals surface area (Å²) in [5, 5.41) is 5.44. The highest BCUT2D eigenvalue weighted by Gasteiger charge is 2.36. The highest BCUT2D eigenvalue weighted by atomic mass is 32.1. The minimum absolute atomic E-state index is 0.277. The first-order valence-electron chi connectivity index (χ1n) is 9.50. The summed E-state index contributed by atoms with van der Waals surface area (Å²) in [6.45, 7) is 0.151. The first-order valence-corrected chi connectivity index (χ1v) is 10.4. The van der Waals surface area contributed by atoms with Crippen molar-refractivity contribution in [3.05, 3.63) is 63.6 Å². The van der Waals surface area contributed by atoms with Crippen molar-refractivity contribution in [2.75, 3.05) is 20.8 Å². The number of carbonyl (C=O) groups excluding carboxylic acids is 1. The molecule has 1 aliphatic heterocycles. The second-order valence-corrected chi connectivity index (χ2v) is 8.04. The first-order chi connectivity index (χ1) is 14.8. The fraction of sp³-hybridized carbons (Fsp3) is 0.333. The smallest absolute Gasteiger partial charge is 0.435 e. The average molecular weight is 451 g/mol. The lowest BCUT2D eigenvalue weighted by Crippen LogP contribution is -2.42. The van der Waals surface area contributed by atoms with Crippen molar-refractivity contribution in [3.63, 3.8) is 0 Å². The van der Waals surface area contributed by atoms with E-state index in [9.17, 15) is 18.0 Å². The van der Waals surface area contributed by atoms with E-state index in [1.807, 2.05) is 29.6 Å². The molecule has 31 heavy (non-hydrogen) atoms. The van der Waals surface area contributed by atoms with Gasteiger partial charge in [-0.3, -0.25) is 9.48 Å². The summed E-state index contributed by atoms with van der Waals surface area (Å²) in [4.78, 5) is 15.8. The van der Waals surface area contributed by atoms with Crippen LogP contribution in [-0.2, 0) is 23.9 Å². The molecule has 0 fully saturated rings. The monoisotopic (exact) mass is 451 g/mol. The molecule has 0 unspecified atom stereocenters. The van der Waals surface area contributed by atoms with E-state index >= 15 is 0 Å². The van der Waals surface area contributed by atoms with Gasteiger partial charge in [0, 0.05) is 17.6 Å². The Labute approximate surface area is 180 Å². The summed E-state index contributed by atoms with van der Waals surface area (Å²) in [6, 6.07) is 8.13. The highest BCUT2D eigenvalue weighted by molar-refractivity contribution is 7.10. The molecule has 4 rings (SSSR count). The second-order valence-electron chi connectivity index (χ2n) is 7.06. The van der Waals surface area contributed by atoms with Crippen LogP contribution in [0.5, 0.6) is 11.5 Å². The Bertz CT molecular complexity index is 1080. The summed E-state index contributed by atoms with van der Waals surface area (Å²) in [5.74, 6) is 0.858. The van der Waals surface area contributed by atoms with Gasteiger partial charge in [0.2, 0.25) is 5.91 Å². The van der Waals surface area contributed by atoms with Crippen LogP contribution in [0.2, 0.25) is 0 Å². The lowest BCUT2D eigenvalue weighted by molar-refractivity contribution is -0.142. The fourth-order valence-electron chi connectivity index (χ4n) is 3.80. The topological polar surface area (TPSA) is 56.6 Å². The zero-order valence-electron chi connectivity index (χ0n) is 16.8. The number of ether oxygens (including phenoxy) is 2. The van der Waals surface area contributed by atoms with Gasteiger partial charge in [0.1, 0.15) is 6.54 Å². The van der Waals surface area contributed by atoms with E-state index in [0.717, 1.165) is 26.8 Å². The second kappa shape index (κ2) is 8.26. The van der Waals surface area contributed by atoms with Crippen molar-refractivity contribution in [1.82, 2.24) is 14.7 Å². The van der Waals surface area contributed by atoms with Crippen LogP contribution in [-0.4, -0.2) is 41.4 Å². The van der Waals surface area contributed by atoms with E-state index in [2.05, 4.69) is 5.10 Å². The molecule has 0 bridgehead atoms. The first kappa shape index (κ1) is 21.2. The van der Waals surface area contributed by atoms with E-state index in [4.69, 9.17) is 9.47 Å². The largest absolute Gasteiger partial charge is 0.493 e. The summed E-state index contributed by atoms with van der Waals surface area (Å²) in [5.41, 5.74) is 0.936. The minimum Gasteiger partial charge on any atom is -0.493 e. The van der Waals surface area contributed by atoms with Crippen molar-refractivity contribution in [1.29, 1.82) is 0 Å². The van der Waals surface area contributed by atoms with Crippen LogP contribution in [0.1, 0.15) is 27.7 Å². The summed E-state index contributed by atoms with van der Waals surface area (Å²) in [7, 11) is 3.12. The standard InChI is InChI=1S/C21H20F3N3O3S/c1-29-15-10-13-5-8-27(19(28)12-26-7-6-18(25-26)21(22,23)24)20(17-4-3-9-31-17)14(13)11-16(15)30-2/h3-4,6-7,9-11,20H,5,8,12H2,1-2H3/t20-/m0/s1. The number of halogens is 3. The molecule has 1 aliphatic rings. The zero-order valence-corrected chi connectivity index (χ0v) is 17.7. The zero-order chi connectivity index (χ0) is 22.2. The summed E-state index contributed by atoms with van der Waals surface area (Å²) >= 11 is 1.51. The van der Waals surface area contributed by atoms with Crippen molar-refractivity contribution in [2.45, 2.75) is 25.2 Å². The predicted molar refractivity (Wildman–Crippen MR) is 108 cm³/mol. The van der Waals surface area contributed by atoms with E-state index < -0.39 is 11.9 Å². The van der Waals surface area contributed by atoms with Gasteiger partial charge in [-0.25, -0.2) is 0 Å². The van der Waals surface area contributed by atoms with E-state index in [-0.39, 0.29) is 18.5 Å². The third-order valence-electron chi connectivity index (χ3n) is 5.24. The van der Waals surface area contributed by atoms with Gasteiger partial charge in [-0.2, -0.15) is 18.3 Å². The van der Waals surface area contributed by atoms with Crippen LogP contribution in [0.4, 0.5) is 13.2 Å². The van der Waals surface area contributed by atoms with Crippen molar-refractivity contribution in [2.24, 2.45) is 0 Å². The van der Waals surface area contributed by atoms with Gasteiger partial charge in [0.15, 0.2) is 17.2 Å². The lowest BCUT2D eigenvalue weighted by atomic mass is 9.90. The molecule has 3 heterocycles. The molecule has 1 amide bonds. The number of alkyl halides is 3. The number of carbonyl (C=O) groups is 1. The molecule has 0 aliphatic carbocycles. The normalized spacial score (nSPS) is 16.2. The molecule has 10 heteroatoms. The average Bonchev–Trinajstić information content (AvgIpc) is 3.43. The number of thiophene rings is 1. The molecule has 0 radical (unpaired) electrons. The molecule has 3 aromatic rings. The van der Waals surface area contributed by atoms with Gasteiger partial charge >= 0.3 is 6.18 Å². The Hall–Kier alpha value is -3.01. The molecule has 0 spiro atoms. The van der Waals surface area contributed by atoms with Gasteiger partial charge in [-0.1, -0.05) is 6.07 Å². The van der Waals surface area contributed by atoms with Gasteiger partial charge in [-0.05, 0) is 47.2 Å². The minimum atomic E-state index is -4.55.